The topological polar surface area (TPSA) is 402 Å². The Morgan fingerprint density at radius 2 is 0.696 bits per heavy atom. The molecule has 0 aliphatic carbocycles. The molecular formula is C65H55N9O18. The second-order valence-electron chi connectivity index (χ2n) is 20.3. The minimum absolute atomic E-state index is 0.0276. The fourth-order valence-corrected chi connectivity index (χ4v) is 10.3. The van der Waals surface area contributed by atoms with Crippen molar-refractivity contribution in [2.75, 3.05) is 79.2 Å². The Balaban J connectivity index is 0.000000165. The maximum Gasteiger partial charge on any atom is 0.261 e. The highest BCUT2D eigenvalue weighted by Gasteiger charge is 2.39. The maximum atomic E-state index is 13.1. The number of aromatic amines is 2. The van der Waals surface area contributed by atoms with Crippen LogP contribution >= 0.6 is 0 Å². The highest BCUT2D eigenvalue weighted by Crippen LogP contribution is 2.38. The van der Waals surface area contributed by atoms with E-state index in [1.807, 2.05) is 19.9 Å². The Bertz CT molecular complexity index is 4610. The minimum atomic E-state index is -0.546. The third-order valence-electron chi connectivity index (χ3n) is 14.7. The van der Waals surface area contributed by atoms with Gasteiger partial charge < -0.3 is 29.2 Å². The van der Waals surface area contributed by atoms with Crippen molar-refractivity contribution in [3.8, 4) is 30.6 Å². The lowest BCUT2D eigenvalue weighted by atomic mass is 9.86. The van der Waals surface area contributed by atoms with E-state index >= 15 is 0 Å². The number of terminal acetylenes is 1. The first-order valence-corrected chi connectivity index (χ1v) is 28.5. The van der Waals surface area contributed by atoms with Gasteiger partial charge in [-0.05, 0) is 61.4 Å². The Morgan fingerprint density at radius 1 is 0.413 bits per heavy atom. The average molecular weight is 1250 g/mol. The zero-order valence-corrected chi connectivity index (χ0v) is 49.4. The number of H-pyrrole nitrogens is 2. The lowest BCUT2D eigenvalue weighted by Crippen LogP contribution is -2.45. The predicted molar refractivity (Wildman–Crippen MR) is 333 cm³/mol. The van der Waals surface area contributed by atoms with Gasteiger partial charge in [-0.25, -0.2) is 0 Å². The van der Waals surface area contributed by atoms with Gasteiger partial charge in [-0.1, -0.05) is 44.0 Å². The van der Waals surface area contributed by atoms with E-state index in [4.69, 9.17) is 51.4 Å². The van der Waals surface area contributed by atoms with Crippen LogP contribution in [0.4, 0.5) is 0 Å². The number of rotatable bonds is 20. The molecule has 0 radical (unpaired) electrons. The molecule has 0 bridgehead atoms. The number of fused-ring (bicyclic) bond motifs is 4. The van der Waals surface area contributed by atoms with Gasteiger partial charge in [0.15, 0.2) is 0 Å². The lowest BCUT2D eigenvalue weighted by Gasteiger charge is -2.31. The zero-order chi connectivity index (χ0) is 66.5. The standard InChI is InChI=1S/C23H24N2O7.C19H22N2O7.C13H5N3.C10H4N2O4/c1-2-10-31-11-7-24-20(27)14-3-5-16-19-17(6-4-15(18(14)19)21(24)28)23(30)25(22(16)29)8-12-32-13-9-26;1-2-6-27-7-3-20-16(23)12-10-14-15(11-13(12)17(20)24)19(26)21(18(14)25)4-8-28-9-5-22;1-2-10(7-14)11-3-5-12(6-4-11)13(8-15)9-16;13-7-3-1-4-6(10(16)12-8(4)14)2-5(3)9(15)11-7/h3-6,26H,2,7-13H2,1H3;10-11,22H,2-9H2,1H3;1,3-6H;1-2H,(H,11,13,15)(H,12,14,16). The van der Waals surface area contributed by atoms with E-state index in [1.165, 1.54) is 48.5 Å². The quantitative estimate of drug-likeness (QED) is 0.0442. The van der Waals surface area contributed by atoms with Crippen molar-refractivity contribution in [3.63, 3.8) is 0 Å². The number of nitrogens with one attached hydrogen (secondary N) is 2. The number of nitriles is 3. The van der Waals surface area contributed by atoms with Crippen LogP contribution in [0, 0.1) is 46.3 Å². The van der Waals surface area contributed by atoms with E-state index in [1.54, 1.807) is 36.4 Å². The van der Waals surface area contributed by atoms with Crippen LogP contribution in [0.2, 0.25) is 0 Å². The summed E-state index contributed by atoms with van der Waals surface area (Å²) in [6.45, 7) is 5.89. The molecule has 0 saturated carbocycles. The van der Waals surface area contributed by atoms with Crippen molar-refractivity contribution in [3.05, 3.63) is 188 Å². The summed E-state index contributed by atoms with van der Waals surface area (Å²) >= 11 is 0. The van der Waals surface area contributed by atoms with Crippen LogP contribution in [0.3, 0.4) is 0 Å². The van der Waals surface area contributed by atoms with Crippen LogP contribution < -0.4 is 54.9 Å². The monoisotopic (exact) mass is 1250 g/mol. The van der Waals surface area contributed by atoms with Gasteiger partial charge >= 0.3 is 0 Å². The van der Waals surface area contributed by atoms with Crippen molar-refractivity contribution in [1.82, 2.24) is 28.9 Å². The van der Waals surface area contributed by atoms with Gasteiger partial charge in [0, 0.05) is 56.7 Å². The average Bonchev–Trinajstić information content (AvgIpc) is 1.02. The molecule has 92 heavy (non-hydrogen) atoms. The molecule has 2 aliphatic heterocycles. The van der Waals surface area contributed by atoms with Crippen LogP contribution in [-0.2, 0) is 32.0 Å². The SMILES string of the molecule is C#CC(C#N)=c1ccc(=C(C#N)C#N)cc1.CCCOCCN1C(=O)c2ccc3c4c(ccc(c24)C1=O)C(=O)N(CCOCCO)C3=O.CCCOCCn1c(=O)c2cc3c(=O)n(CCOCCO)c(=O)c3cc2c1=O.O=c1[nH]c(=O)c2cc3c(=O)[nH]c(=O)c3cc12. The first kappa shape index (κ1) is 66.7. The Morgan fingerprint density at radius 3 is 0.978 bits per heavy atom. The van der Waals surface area contributed by atoms with Gasteiger partial charge in [-0.2, -0.15) is 15.8 Å². The Hall–Kier alpha value is -11.3. The smallest absolute Gasteiger partial charge is 0.261 e. The number of aromatic nitrogens is 4. The van der Waals surface area contributed by atoms with Crippen LogP contribution in [-0.4, -0.2) is 142 Å². The number of nitrogens with zero attached hydrogens (tertiary/aromatic N) is 7. The number of aliphatic hydroxyl groups excluding tert-OH is 2. The summed E-state index contributed by atoms with van der Waals surface area (Å²) in [5, 5.41) is 46.3. The van der Waals surface area contributed by atoms with Crippen molar-refractivity contribution >= 4 is 88.6 Å². The fraction of sp³-hybridized carbons (Fsp3) is 0.277. The molecule has 0 saturated heterocycles. The molecule has 6 heterocycles. The third-order valence-corrected chi connectivity index (χ3v) is 14.7. The molecule has 4 N–H and O–H groups in total. The van der Waals surface area contributed by atoms with Gasteiger partial charge in [0.05, 0.1) is 122 Å². The van der Waals surface area contributed by atoms with E-state index in [9.17, 15) is 57.5 Å². The normalized spacial score (nSPS) is 12.3. The number of amides is 4. The molecule has 0 unspecified atom stereocenters. The minimum Gasteiger partial charge on any atom is -0.394 e. The molecule has 2 aliphatic rings. The molecular weight excluding hydrogens is 1190 g/mol. The van der Waals surface area contributed by atoms with E-state index in [2.05, 4.69) is 15.9 Å². The van der Waals surface area contributed by atoms with E-state index in [0.29, 0.717) is 34.4 Å². The highest BCUT2D eigenvalue weighted by molar-refractivity contribution is 6.33. The fourth-order valence-electron chi connectivity index (χ4n) is 10.3. The second-order valence-corrected chi connectivity index (χ2v) is 20.3. The van der Waals surface area contributed by atoms with Gasteiger partial charge in [0.2, 0.25) is 0 Å². The highest BCUT2D eigenvalue weighted by atomic mass is 16.5. The first-order chi connectivity index (χ1) is 44.3. The summed E-state index contributed by atoms with van der Waals surface area (Å²) in [6, 6.07) is 23.2. The van der Waals surface area contributed by atoms with Crippen LogP contribution in [0.1, 0.15) is 68.1 Å². The molecule has 0 atom stereocenters. The summed E-state index contributed by atoms with van der Waals surface area (Å²) in [6.07, 6.45) is 6.82. The molecule has 4 amide bonds. The van der Waals surface area contributed by atoms with Crippen molar-refractivity contribution < 1.29 is 48.3 Å². The summed E-state index contributed by atoms with van der Waals surface area (Å²) in [4.78, 5) is 154. The Labute approximate surface area is 517 Å². The van der Waals surface area contributed by atoms with Crippen molar-refractivity contribution in [1.29, 1.82) is 15.8 Å². The molecule has 0 fully saturated rings. The molecule has 9 aromatic rings. The summed E-state index contributed by atoms with van der Waals surface area (Å²) in [5.74, 6) is 0.319. The number of imide groups is 2. The molecule has 468 valence electrons. The number of carbonyl (C=O) groups excluding carboxylic acids is 4. The summed E-state index contributed by atoms with van der Waals surface area (Å²) < 4.78 is 23.2. The maximum absolute atomic E-state index is 13.1. The number of ether oxygens (including phenoxy) is 4. The van der Waals surface area contributed by atoms with E-state index in [0.717, 1.165) is 31.8 Å². The lowest BCUT2D eigenvalue weighted by molar-refractivity contribution is 0.0472. The van der Waals surface area contributed by atoms with Crippen molar-refractivity contribution in [2.45, 2.75) is 39.8 Å². The summed E-state index contributed by atoms with van der Waals surface area (Å²) in [5.41, 5.74) is -2.86. The molecule has 27 nitrogen and oxygen atoms in total. The largest absolute Gasteiger partial charge is 0.394 e. The Kier molecular flexibility index (Phi) is 21.6. The van der Waals surface area contributed by atoms with Gasteiger partial charge in [-0.3, -0.25) is 86.4 Å². The number of benzene rings is 5. The number of hydrogen-bond acceptors (Lipinski definition) is 21. The number of aliphatic hydroxyl groups is 2. The molecule has 5 aromatic carbocycles. The first-order valence-electron chi connectivity index (χ1n) is 28.5. The number of carbonyl (C=O) groups is 4. The predicted octanol–water partition coefficient (Wildman–Crippen LogP) is -0.0273. The van der Waals surface area contributed by atoms with Gasteiger partial charge in [0.1, 0.15) is 29.4 Å². The van der Waals surface area contributed by atoms with Gasteiger partial charge in [0.25, 0.3) is 68.1 Å². The van der Waals surface area contributed by atoms with Crippen LogP contribution in [0.5, 0.6) is 0 Å². The van der Waals surface area contributed by atoms with Crippen LogP contribution in [0.15, 0.2) is 111 Å². The van der Waals surface area contributed by atoms with Gasteiger partial charge in [-0.15, -0.1) is 6.42 Å². The van der Waals surface area contributed by atoms with E-state index < -0.39 is 68.1 Å². The second kappa shape index (κ2) is 29.8. The third kappa shape index (κ3) is 13.4. The van der Waals surface area contributed by atoms with E-state index in [-0.39, 0.29) is 156 Å². The molecule has 11 rings (SSSR count). The molecule has 4 aromatic heterocycles. The molecule has 0 spiro atoms. The van der Waals surface area contributed by atoms with Crippen molar-refractivity contribution in [2.24, 2.45) is 0 Å². The van der Waals surface area contributed by atoms with Crippen LogP contribution in [0.25, 0.3) is 65.0 Å². The molecule has 27 heteroatoms. The zero-order valence-electron chi connectivity index (χ0n) is 49.4. The number of hydrogen-bond donors (Lipinski definition) is 4. The summed E-state index contributed by atoms with van der Waals surface area (Å²) in [7, 11) is 0.